The third kappa shape index (κ3) is 3.66. The molecule has 2 aliphatic heterocycles. The van der Waals surface area contributed by atoms with Crippen LogP contribution in [-0.4, -0.2) is 64.7 Å². The Labute approximate surface area is 189 Å². The number of aliphatic hydroxyl groups excluding tert-OH is 1. The van der Waals surface area contributed by atoms with Gasteiger partial charge in [0, 0.05) is 18.5 Å². The van der Waals surface area contributed by atoms with Crippen LogP contribution in [0.5, 0.6) is 0 Å². The third-order valence-corrected chi connectivity index (χ3v) is 7.47. The van der Waals surface area contributed by atoms with Crippen molar-refractivity contribution < 1.29 is 14.7 Å². The summed E-state index contributed by atoms with van der Waals surface area (Å²) in [5.41, 5.74) is 4.69. The smallest absolute Gasteiger partial charge is 0.318 e. The number of nitrogens with one attached hydrogen (secondary N) is 1. The van der Waals surface area contributed by atoms with Crippen molar-refractivity contribution in [2.24, 2.45) is 0 Å². The summed E-state index contributed by atoms with van der Waals surface area (Å²) < 4.78 is 0. The lowest BCUT2D eigenvalue weighted by Gasteiger charge is -2.58. The van der Waals surface area contributed by atoms with Gasteiger partial charge in [0.2, 0.25) is 5.91 Å². The lowest BCUT2D eigenvalue weighted by Crippen LogP contribution is -2.74. The minimum atomic E-state index is -0.225. The third-order valence-electron chi connectivity index (χ3n) is 7.47. The Kier molecular flexibility index (Phi) is 5.64. The second-order valence-electron chi connectivity index (χ2n) is 9.39. The van der Waals surface area contributed by atoms with Crippen LogP contribution in [0.25, 0.3) is 11.1 Å². The minimum Gasteiger partial charge on any atom is -0.394 e. The van der Waals surface area contributed by atoms with Gasteiger partial charge in [0.15, 0.2) is 0 Å². The summed E-state index contributed by atoms with van der Waals surface area (Å²) in [6, 6.07) is 16.5. The van der Waals surface area contributed by atoms with E-state index in [9.17, 15) is 14.7 Å². The number of carbonyl (C=O) groups is 2. The van der Waals surface area contributed by atoms with Crippen LogP contribution in [0, 0.1) is 6.92 Å². The van der Waals surface area contributed by atoms with E-state index < -0.39 is 0 Å². The molecule has 32 heavy (non-hydrogen) atoms. The number of aryl methyl sites for hydroxylation is 1. The van der Waals surface area contributed by atoms with Gasteiger partial charge in [0.1, 0.15) is 6.54 Å². The Morgan fingerprint density at radius 3 is 2.50 bits per heavy atom. The first kappa shape index (κ1) is 21.0. The predicted octanol–water partition coefficient (Wildman–Crippen LogP) is 3.29. The Morgan fingerprint density at radius 1 is 1.09 bits per heavy atom. The quantitative estimate of drug-likeness (QED) is 0.777. The van der Waals surface area contributed by atoms with Gasteiger partial charge in [-0.2, -0.15) is 0 Å². The van der Waals surface area contributed by atoms with Crippen LogP contribution in [0.15, 0.2) is 48.5 Å². The number of hydrogen-bond donors (Lipinski definition) is 2. The molecule has 1 saturated carbocycles. The van der Waals surface area contributed by atoms with Crippen LogP contribution >= 0.6 is 0 Å². The van der Waals surface area contributed by atoms with Crippen LogP contribution in [0.4, 0.5) is 4.79 Å². The van der Waals surface area contributed by atoms with Gasteiger partial charge < -0.3 is 20.2 Å². The van der Waals surface area contributed by atoms with Crippen LogP contribution in [0.2, 0.25) is 0 Å². The molecule has 6 nitrogen and oxygen atoms in total. The van der Waals surface area contributed by atoms with E-state index in [1.807, 2.05) is 12.1 Å². The van der Waals surface area contributed by atoms with Crippen molar-refractivity contribution in [3.8, 4) is 11.1 Å². The molecule has 0 spiro atoms. The first-order valence-electron chi connectivity index (χ1n) is 11.7. The first-order valence-corrected chi connectivity index (χ1v) is 11.7. The maximum atomic E-state index is 12.8. The number of aliphatic hydroxyl groups is 1. The van der Waals surface area contributed by atoms with Crippen molar-refractivity contribution in [1.29, 1.82) is 0 Å². The van der Waals surface area contributed by atoms with Crippen LogP contribution in [-0.2, 0) is 4.79 Å². The zero-order valence-electron chi connectivity index (χ0n) is 18.5. The van der Waals surface area contributed by atoms with Gasteiger partial charge >= 0.3 is 6.03 Å². The number of rotatable bonds is 4. The molecule has 2 heterocycles. The van der Waals surface area contributed by atoms with Crippen molar-refractivity contribution in [2.45, 2.75) is 56.7 Å². The molecule has 3 aliphatic rings. The Morgan fingerprint density at radius 2 is 1.81 bits per heavy atom. The van der Waals surface area contributed by atoms with Crippen molar-refractivity contribution in [2.75, 3.05) is 19.7 Å². The maximum absolute atomic E-state index is 12.8. The second kappa shape index (κ2) is 8.58. The average molecular weight is 434 g/mol. The van der Waals surface area contributed by atoms with E-state index in [1.54, 1.807) is 9.80 Å². The molecule has 5 rings (SSSR count). The fourth-order valence-corrected chi connectivity index (χ4v) is 5.77. The Bertz CT molecular complexity index is 1000. The molecule has 0 radical (unpaired) electrons. The highest BCUT2D eigenvalue weighted by molar-refractivity contribution is 5.87. The molecule has 0 aromatic heterocycles. The Balaban J connectivity index is 1.34. The normalized spacial score (nSPS) is 25.4. The van der Waals surface area contributed by atoms with Crippen LogP contribution < -0.4 is 5.32 Å². The van der Waals surface area contributed by atoms with E-state index in [1.165, 1.54) is 11.1 Å². The highest BCUT2D eigenvalue weighted by Crippen LogP contribution is 2.43. The van der Waals surface area contributed by atoms with Crippen LogP contribution in [0.1, 0.15) is 42.7 Å². The molecule has 0 bridgehead atoms. The lowest BCUT2D eigenvalue weighted by atomic mass is 9.73. The molecule has 1 aliphatic carbocycles. The summed E-state index contributed by atoms with van der Waals surface area (Å²) in [6.07, 6.45) is 4.34. The monoisotopic (exact) mass is 433 g/mol. The lowest BCUT2D eigenvalue weighted by molar-refractivity contribution is -0.159. The molecule has 2 aromatic carbocycles. The van der Waals surface area contributed by atoms with Gasteiger partial charge in [-0.3, -0.25) is 4.79 Å². The number of urea groups is 1. The minimum absolute atomic E-state index is 0.0250. The predicted molar refractivity (Wildman–Crippen MR) is 123 cm³/mol. The van der Waals surface area contributed by atoms with E-state index in [0.717, 1.165) is 36.8 Å². The molecule has 0 unspecified atom stereocenters. The van der Waals surface area contributed by atoms with Gasteiger partial charge in [0.05, 0.1) is 18.7 Å². The molecule has 2 N–H and O–H groups in total. The highest BCUT2D eigenvalue weighted by atomic mass is 16.3. The molecular formula is C26H31N3O3. The molecule has 6 heteroatoms. The number of amides is 3. The topological polar surface area (TPSA) is 72.9 Å². The van der Waals surface area contributed by atoms with E-state index in [4.69, 9.17) is 0 Å². The summed E-state index contributed by atoms with van der Waals surface area (Å²) in [6.45, 7) is 2.63. The summed E-state index contributed by atoms with van der Waals surface area (Å²) in [4.78, 5) is 29.1. The number of benzene rings is 2. The zero-order valence-corrected chi connectivity index (χ0v) is 18.5. The van der Waals surface area contributed by atoms with Gasteiger partial charge in [0.25, 0.3) is 0 Å². The molecule has 3 atom stereocenters. The molecule has 168 valence electrons. The highest BCUT2D eigenvalue weighted by Gasteiger charge is 2.54. The van der Waals surface area contributed by atoms with Crippen molar-refractivity contribution in [1.82, 2.24) is 15.1 Å². The fourth-order valence-electron chi connectivity index (χ4n) is 5.77. The second-order valence-corrected chi connectivity index (χ2v) is 9.39. The fraction of sp³-hybridized carbons (Fsp3) is 0.462. The van der Waals surface area contributed by atoms with E-state index in [-0.39, 0.29) is 49.1 Å². The number of nitrogens with zero attached hydrogens (tertiary/aromatic N) is 2. The largest absolute Gasteiger partial charge is 0.394 e. The number of carbonyl (C=O) groups excluding carboxylic acids is 2. The summed E-state index contributed by atoms with van der Waals surface area (Å²) in [5.74, 6) is -0.0494. The number of hydrogen-bond acceptors (Lipinski definition) is 3. The first-order chi connectivity index (χ1) is 15.6. The van der Waals surface area contributed by atoms with Gasteiger partial charge in [-0.1, -0.05) is 61.4 Å². The van der Waals surface area contributed by atoms with Gasteiger partial charge in [-0.05, 0) is 42.0 Å². The summed E-state index contributed by atoms with van der Waals surface area (Å²) >= 11 is 0. The average Bonchev–Trinajstić information content (AvgIpc) is 3.29. The van der Waals surface area contributed by atoms with E-state index in [2.05, 4.69) is 48.6 Å². The van der Waals surface area contributed by atoms with Crippen LogP contribution in [0.3, 0.4) is 0 Å². The number of fused-ring (bicyclic) bond motifs is 1. The van der Waals surface area contributed by atoms with Crippen molar-refractivity contribution in [3.05, 3.63) is 59.7 Å². The van der Waals surface area contributed by atoms with E-state index >= 15 is 0 Å². The Hall–Kier alpha value is -2.86. The SMILES string of the molecule is Cc1ccccc1-c1ccc([C@H]2[C@H](CO)N3C(=O)CN(C(=O)NC4CCCC4)C[C@@H]23)cc1. The number of piperazine rings is 1. The summed E-state index contributed by atoms with van der Waals surface area (Å²) in [5, 5.41) is 13.1. The van der Waals surface area contributed by atoms with Crippen molar-refractivity contribution in [3.63, 3.8) is 0 Å². The molecular weight excluding hydrogens is 402 g/mol. The van der Waals surface area contributed by atoms with Gasteiger partial charge in [-0.15, -0.1) is 0 Å². The molecule has 2 aromatic rings. The van der Waals surface area contributed by atoms with Gasteiger partial charge in [-0.25, -0.2) is 4.79 Å². The molecule has 3 fully saturated rings. The zero-order chi connectivity index (χ0) is 22.2. The maximum Gasteiger partial charge on any atom is 0.318 e. The standard InChI is InChI=1S/C26H31N3O3/c1-17-6-2-5-9-21(17)18-10-12-19(13-11-18)25-22-14-28(15-24(31)29(22)23(25)16-30)26(32)27-20-7-3-4-8-20/h2,5-6,9-13,20,22-23,25,30H,3-4,7-8,14-16H2,1H3,(H,27,32)/t22-,23-,25+/m0/s1. The summed E-state index contributed by atoms with van der Waals surface area (Å²) in [7, 11) is 0. The molecule has 3 amide bonds. The van der Waals surface area contributed by atoms with E-state index in [0.29, 0.717) is 6.54 Å². The molecule has 2 saturated heterocycles. The van der Waals surface area contributed by atoms with Crippen molar-refractivity contribution >= 4 is 11.9 Å².